The molecule has 0 aliphatic carbocycles. The number of allylic oxidation sites excluding steroid dienone is 1. The Labute approximate surface area is 129 Å². The van der Waals surface area contributed by atoms with E-state index >= 15 is 0 Å². The number of nitrogens with one attached hydrogen (secondary N) is 2. The van der Waals surface area contributed by atoms with Gasteiger partial charge in [-0.25, -0.2) is 4.79 Å². The first-order chi connectivity index (χ1) is 9.97. The summed E-state index contributed by atoms with van der Waals surface area (Å²) < 4.78 is 10.1. The summed E-state index contributed by atoms with van der Waals surface area (Å²) in [5.41, 5.74) is 3.19. The molecular formula is C15H18N2O3S. The number of aryl methyl sites for hydroxylation is 1. The molecule has 112 valence electrons. The van der Waals surface area contributed by atoms with E-state index in [9.17, 15) is 4.79 Å². The van der Waals surface area contributed by atoms with Crippen molar-refractivity contribution in [3.05, 3.63) is 40.6 Å². The van der Waals surface area contributed by atoms with Gasteiger partial charge in [0.1, 0.15) is 5.75 Å². The zero-order chi connectivity index (χ0) is 15.6. The van der Waals surface area contributed by atoms with E-state index in [0.29, 0.717) is 16.4 Å². The minimum absolute atomic E-state index is 0.336. The molecule has 6 heteroatoms. The summed E-state index contributed by atoms with van der Waals surface area (Å²) in [7, 11) is 2.99. The van der Waals surface area contributed by atoms with Crippen LogP contribution >= 0.6 is 12.2 Å². The third-order valence-electron chi connectivity index (χ3n) is 3.46. The number of benzene rings is 1. The zero-order valence-corrected chi connectivity index (χ0v) is 13.3. The lowest BCUT2D eigenvalue weighted by Gasteiger charge is -2.30. The minimum Gasteiger partial charge on any atom is -0.497 e. The van der Waals surface area contributed by atoms with E-state index in [4.69, 9.17) is 21.7 Å². The van der Waals surface area contributed by atoms with Crippen LogP contribution in [-0.4, -0.2) is 25.3 Å². The SMILES string of the molecule is COC(=O)C1=C(C)NC(=S)N[C@@H]1c1ccc(OC)cc1C. The van der Waals surface area contributed by atoms with Crippen LogP contribution in [-0.2, 0) is 9.53 Å². The summed E-state index contributed by atoms with van der Waals surface area (Å²) >= 11 is 5.19. The molecule has 1 atom stereocenters. The fourth-order valence-electron chi connectivity index (χ4n) is 2.41. The van der Waals surface area contributed by atoms with E-state index in [-0.39, 0.29) is 12.0 Å². The first-order valence-electron chi connectivity index (χ1n) is 6.49. The van der Waals surface area contributed by atoms with Crippen molar-refractivity contribution < 1.29 is 14.3 Å². The number of carbonyl (C=O) groups excluding carboxylic acids is 1. The van der Waals surface area contributed by atoms with Crippen LogP contribution in [0, 0.1) is 6.92 Å². The second-order valence-corrected chi connectivity index (χ2v) is 5.19. The molecule has 2 rings (SSSR count). The Morgan fingerprint density at radius 1 is 1.29 bits per heavy atom. The monoisotopic (exact) mass is 306 g/mol. The second-order valence-electron chi connectivity index (χ2n) is 4.78. The van der Waals surface area contributed by atoms with Crippen LogP contribution in [0.3, 0.4) is 0 Å². The number of hydrogen-bond donors (Lipinski definition) is 2. The van der Waals surface area contributed by atoms with Gasteiger partial charge in [-0.2, -0.15) is 0 Å². The summed E-state index contributed by atoms with van der Waals surface area (Å²) in [6.07, 6.45) is 0. The second kappa shape index (κ2) is 6.13. The summed E-state index contributed by atoms with van der Waals surface area (Å²) in [6, 6.07) is 5.37. The molecule has 1 aliphatic rings. The molecular weight excluding hydrogens is 288 g/mol. The normalized spacial score (nSPS) is 17.9. The molecule has 21 heavy (non-hydrogen) atoms. The number of rotatable bonds is 3. The maximum absolute atomic E-state index is 12.1. The Morgan fingerprint density at radius 2 is 2.00 bits per heavy atom. The topological polar surface area (TPSA) is 59.6 Å². The van der Waals surface area contributed by atoms with Gasteiger partial charge in [-0.1, -0.05) is 6.07 Å². The summed E-state index contributed by atoms with van der Waals surface area (Å²) in [5, 5.41) is 6.57. The molecule has 2 N–H and O–H groups in total. The van der Waals surface area contributed by atoms with E-state index in [2.05, 4.69) is 10.6 Å². The molecule has 0 bridgehead atoms. The van der Waals surface area contributed by atoms with E-state index in [1.807, 2.05) is 32.0 Å². The maximum atomic E-state index is 12.1. The average molecular weight is 306 g/mol. The molecule has 5 nitrogen and oxygen atoms in total. The number of thiocarbonyl (C=S) groups is 1. The van der Waals surface area contributed by atoms with Crippen LogP contribution in [0.2, 0.25) is 0 Å². The third-order valence-corrected chi connectivity index (χ3v) is 3.68. The lowest BCUT2D eigenvalue weighted by molar-refractivity contribution is -0.136. The fourth-order valence-corrected chi connectivity index (χ4v) is 2.68. The van der Waals surface area contributed by atoms with Crippen molar-refractivity contribution in [2.24, 2.45) is 0 Å². The Kier molecular flexibility index (Phi) is 4.47. The van der Waals surface area contributed by atoms with E-state index in [1.165, 1.54) is 7.11 Å². The predicted octanol–water partition coefficient (Wildman–Crippen LogP) is 1.97. The minimum atomic E-state index is -0.379. The summed E-state index contributed by atoms with van der Waals surface area (Å²) in [6.45, 7) is 3.78. The zero-order valence-electron chi connectivity index (χ0n) is 12.4. The van der Waals surface area contributed by atoms with Crippen LogP contribution in [0.1, 0.15) is 24.1 Å². The van der Waals surface area contributed by atoms with Crippen molar-refractivity contribution in [1.29, 1.82) is 0 Å². The highest BCUT2D eigenvalue weighted by molar-refractivity contribution is 7.80. The lowest BCUT2D eigenvalue weighted by atomic mass is 9.92. The van der Waals surface area contributed by atoms with Crippen molar-refractivity contribution >= 4 is 23.3 Å². The van der Waals surface area contributed by atoms with Gasteiger partial charge < -0.3 is 20.1 Å². The molecule has 1 aromatic rings. The summed E-state index contributed by atoms with van der Waals surface area (Å²) in [4.78, 5) is 12.1. The molecule has 1 heterocycles. The van der Waals surface area contributed by atoms with Gasteiger partial charge in [0.25, 0.3) is 0 Å². The van der Waals surface area contributed by atoms with Crippen molar-refractivity contribution in [3.8, 4) is 5.75 Å². The molecule has 1 aromatic carbocycles. The Hall–Kier alpha value is -2.08. The van der Waals surface area contributed by atoms with Crippen molar-refractivity contribution in [3.63, 3.8) is 0 Å². The van der Waals surface area contributed by atoms with Crippen molar-refractivity contribution in [2.45, 2.75) is 19.9 Å². The molecule has 0 amide bonds. The highest BCUT2D eigenvalue weighted by Crippen LogP contribution is 2.31. The van der Waals surface area contributed by atoms with E-state index in [0.717, 1.165) is 16.9 Å². The van der Waals surface area contributed by atoms with Gasteiger partial charge in [-0.3, -0.25) is 0 Å². The Bertz CT molecular complexity index is 625. The van der Waals surface area contributed by atoms with E-state index in [1.54, 1.807) is 7.11 Å². The maximum Gasteiger partial charge on any atom is 0.337 e. The van der Waals surface area contributed by atoms with Gasteiger partial charge in [-0.05, 0) is 49.3 Å². The quantitative estimate of drug-likeness (QED) is 0.658. The number of methoxy groups -OCH3 is 2. The van der Waals surface area contributed by atoms with Gasteiger partial charge in [0, 0.05) is 5.70 Å². The highest BCUT2D eigenvalue weighted by atomic mass is 32.1. The molecule has 0 unspecified atom stereocenters. The molecule has 0 saturated heterocycles. The molecule has 0 radical (unpaired) electrons. The largest absolute Gasteiger partial charge is 0.497 e. The lowest BCUT2D eigenvalue weighted by Crippen LogP contribution is -2.45. The van der Waals surface area contributed by atoms with Gasteiger partial charge in [0.05, 0.1) is 25.8 Å². The number of ether oxygens (including phenoxy) is 2. The van der Waals surface area contributed by atoms with Crippen LogP contribution in [0.25, 0.3) is 0 Å². The van der Waals surface area contributed by atoms with Crippen molar-refractivity contribution in [2.75, 3.05) is 14.2 Å². The van der Waals surface area contributed by atoms with E-state index < -0.39 is 0 Å². The standard InChI is InChI=1S/C15H18N2O3S/c1-8-7-10(19-3)5-6-11(8)13-12(14(18)20-4)9(2)16-15(21)17-13/h5-7,13H,1-4H3,(H2,16,17,21)/t13-/m1/s1. The van der Waals surface area contributed by atoms with Crippen LogP contribution in [0.5, 0.6) is 5.75 Å². The fraction of sp³-hybridized carbons (Fsp3) is 0.333. The predicted molar refractivity (Wildman–Crippen MR) is 84.1 cm³/mol. The van der Waals surface area contributed by atoms with Crippen molar-refractivity contribution in [1.82, 2.24) is 10.6 Å². The van der Waals surface area contributed by atoms with Gasteiger partial charge in [0.15, 0.2) is 5.11 Å². The van der Waals surface area contributed by atoms with Gasteiger partial charge in [0.2, 0.25) is 0 Å². The van der Waals surface area contributed by atoms with Crippen LogP contribution < -0.4 is 15.4 Å². The smallest absolute Gasteiger partial charge is 0.337 e. The van der Waals surface area contributed by atoms with Crippen LogP contribution in [0.4, 0.5) is 0 Å². The number of hydrogen-bond acceptors (Lipinski definition) is 4. The van der Waals surface area contributed by atoms with Crippen LogP contribution in [0.15, 0.2) is 29.5 Å². The first kappa shape index (κ1) is 15.3. The summed E-state index contributed by atoms with van der Waals surface area (Å²) in [5.74, 6) is 0.392. The third kappa shape index (κ3) is 3.00. The number of esters is 1. The molecule has 0 spiro atoms. The molecule has 1 aliphatic heterocycles. The molecule has 0 fully saturated rings. The first-order valence-corrected chi connectivity index (χ1v) is 6.90. The van der Waals surface area contributed by atoms with Gasteiger partial charge >= 0.3 is 5.97 Å². The highest BCUT2D eigenvalue weighted by Gasteiger charge is 2.31. The molecule has 0 saturated carbocycles. The van der Waals surface area contributed by atoms with Gasteiger partial charge in [-0.15, -0.1) is 0 Å². The Morgan fingerprint density at radius 3 is 2.57 bits per heavy atom. The Balaban J connectivity index is 2.51. The number of carbonyl (C=O) groups is 1. The molecule has 0 aromatic heterocycles. The average Bonchev–Trinajstić information content (AvgIpc) is 2.45.